The predicted molar refractivity (Wildman–Crippen MR) is 44.3 cm³/mol. The van der Waals surface area contributed by atoms with E-state index >= 15 is 0 Å². The van der Waals surface area contributed by atoms with E-state index in [0.29, 0.717) is 5.41 Å². The minimum Gasteiger partial charge on any atom is -0.364 e. The maximum atomic E-state index is 4.73. The fourth-order valence-electron chi connectivity index (χ4n) is 0.869. The fraction of sp³-hybridized carbons (Fsp3) is 0.667. The van der Waals surface area contributed by atoms with Crippen LogP contribution >= 0.6 is 0 Å². The van der Waals surface area contributed by atoms with Crippen LogP contribution in [0.25, 0.3) is 0 Å². The Morgan fingerprint density at radius 1 is 1.45 bits per heavy atom. The molecule has 1 aromatic heterocycles. The van der Waals surface area contributed by atoms with Crippen LogP contribution in [0.15, 0.2) is 17.0 Å². The zero-order chi connectivity index (χ0) is 8.32. The quantitative estimate of drug-likeness (QED) is 0.652. The Labute approximate surface area is 67.6 Å². The largest absolute Gasteiger partial charge is 0.364 e. The monoisotopic (exact) mass is 153 g/mol. The molecule has 0 radical (unpaired) electrons. The summed E-state index contributed by atoms with van der Waals surface area (Å²) in [6.07, 6.45) is 5.73. The van der Waals surface area contributed by atoms with E-state index < -0.39 is 0 Å². The van der Waals surface area contributed by atoms with E-state index in [1.165, 1.54) is 12.0 Å². The van der Waals surface area contributed by atoms with Gasteiger partial charge in [0.2, 0.25) is 0 Å². The highest BCUT2D eigenvalue weighted by atomic mass is 16.5. The molecular weight excluding hydrogens is 138 g/mol. The number of aryl methyl sites for hydroxylation is 1. The minimum absolute atomic E-state index is 0.400. The van der Waals surface area contributed by atoms with E-state index in [4.69, 9.17) is 4.52 Å². The molecule has 0 saturated carbocycles. The molecule has 0 unspecified atom stereocenters. The molecule has 1 heterocycles. The molecule has 0 spiro atoms. The summed E-state index contributed by atoms with van der Waals surface area (Å²) in [6, 6.07) is 0. The fourth-order valence-corrected chi connectivity index (χ4v) is 0.869. The Morgan fingerprint density at radius 2 is 2.18 bits per heavy atom. The summed E-state index contributed by atoms with van der Waals surface area (Å²) in [4.78, 5) is 0. The van der Waals surface area contributed by atoms with Crippen molar-refractivity contribution in [2.75, 3.05) is 0 Å². The Balaban J connectivity index is 2.35. The molecule has 0 aliphatic heterocycles. The summed E-state index contributed by atoms with van der Waals surface area (Å²) < 4.78 is 4.73. The van der Waals surface area contributed by atoms with Gasteiger partial charge in [0.15, 0.2) is 0 Å². The molecule has 0 fully saturated rings. The SMILES string of the molecule is CC(C)(C)CCc1cnoc1. The second-order valence-electron chi connectivity index (χ2n) is 4.09. The molecule has 1 aromatic rings. The highest BCUT2D eigenvalue weighted by molar-refractivity contribution is 5.00. The molecule has 0 N–H and O–H groups in total. The van der Waals surface area contributed by atoms with Gasteiger partial charge in [-0.2, -0.15) is 0 Å². The van der Waals surface area contributed by atoms with Crippen LogP contribution < -0.4 is 0 Å². The van der Waals surface area contributed by atoms with Crippen molar-refractivity contribution in [2.45, 2.75) is 33.6 Å². The van der Waals surface area contributed by atoms with E-state index in [-0.39, 0.29) is 0 Å². The van der Waals surface area contributed by atoms with Crippen molar-refractivity contribution in [3.8, 4) is 0 Å². The van der Waals surface area contributed by atoms with Gasteiger partial charge >= 0.3 is 0 Å². The Kier molecular flexibility index (Phi) is 2.32. The van der Waals surface area contributed by atoms with E-state index in [1.807, 2.05) is 0 Å². The molecule has 2 nitrogen and oxygen atoms in total. The Hall–Kier alpha value is -0.790. The molecule has 0 atom stereocenters. The van der Waals surface area contributed by atoms with Crippen LogP contribution in [0.1, 0.15) is 32.8 Å². The van der Waals surface area contributed by atoms with Crippen LogP contribution in [0.2, 0.25) is 0 Å². The first-order valence-corrected chi connectivity index (χ1v) is 3.96. The van der Waals surface area contributed by atoms with Gasteiger partial charge in [0.05, 0.1) is 6.20 Å². The van der Waals surface area contributed by atoms with Crippen molar-refractivity contribution in [3.63, 3.8) is 0 Å². The molecule has 11 heavy (non-hydrogen) atoms. The molecule has 0 aliphatic rings. The number of hydrogen-bond donors (Lipinski definition) is 0. The van der Waals surface area contributed by atoms with Crippen LogP contribution in [0, 0.1) is 5.41 Å². The van der Waals surface area contributed by atoms with Crippen molar-refractivity contribution in [2.24, 2.45) is 5.41 Å². The van der Waals surface area contributed by atoms with Crippen molar-refractivity contribution in [3.05, 3.63) is 18.0 Å². The molecule has 1 rings (SSSR count). The molecule has 0 aliphatic carbocycles. The zero-order valence-electron chi connectivity index (χ0n) is 7.42. The molecule has 0 aromatic carbocycles. The number of nitrogens with zero attached hydrogens (tertiary/aromatic N) is 1. The van der Waals surface area contributed by atoms with Crippen molar-refractivity contribution < 1.29 is 4.52 Å². The van der Waals surface area contributed by atoms with E-state index in [1.54, 1.807) is 12.5 Å². The molecular formula is C9H15NO. The van der Waals surface area contributed by atoms with Crippen LogP contribution in [0.3, 0.4) is 0 Å². The van der Waals surface area contributed by atoms with Gasteiger partial charge in [0.25, 0.3) is 0 Å². The van der Waals surface area contributed by atoms with Gasteiger partial charge in [-0.3, -0.25) is 0 Å². The lowest BCUT2D eigenvalue weighted by molar-refractivity contribution is 0.376. The first-order valence-electron chi connectivity index (χ1n) is 3.96. The van der Waals surface area contributed by atoms with Gasteiger partial charge in [-0.1, -0.05) is 25.9 Å². The van der Waals surface area contributed by atoms with Crippen LogP contribution in [0.4, 0.5) is 0 Å². The first kappa shape index (κ1) is 8.31. The third-order valence-corrected chi connectivity index (χ3v) is 1.65. The Bertz CT molecular complexity index is 196. The second-order valence-corrected chi connectivity index (χ2v) is 4.09. The highest BCUT2D eigenvalue weighted by Gasteiger charge is 2.10. The van der Waals surface area contributed by atoms with Gasteiger partial charge in [-0.25, -0.2) is 0 Å². The predicted octanol–water partition coefficient (Wildman–Crippen LogP) is 2.65. The Morgan fingerprint density at radius 3 is 2.64 bits per heavy atom. The van der Waals surface area contributed by atoms with Gasteiger partial charge < -0.3 is 4.52 Å². The number of rotatable bonds is 2. The average molecular weight is 153 g/mol. The minimum atomic E-state index is 0.400. The van der Waals surface area contributed by atoms with Gasteiger partial charge in [0.1, 0.15) is 6.26 Å². The van der Waals surface area contributed by atoms with Gasteiger partial charge in [0, 0.05) is 5.56 Å². The third kappa shape index (κ3) is 3.21. The van der Waals surface area contributed by atoms with Crippen LogP contribution in [0.5, 0.6) is 0 Å². The highest BCUT2D eigenvalue weighted by Crippen LogP contribution is 2.20. The summed E-state index contributed by atoms with van der Waals surface area (Å²) in [5.41, 5.74) is 1.59. The molecule has 0 saturated heterocycles. The third-order valence-electron chi connectivity index (χ3n) is 1.65. The maximum absolute atomic E-state index is 4.73. The molecule has 62 valence electrons. The molecule has 0 bridgehead atoms. The van der Waals surface area contributed by atoms with E-state index in [2.05, 4.69) is 25.9 Å². The maximum Gasteiger partial charge on any atom is 0.126 e. The zero-order valence-corrected chi connectivity index (χ0v) is 7.42. The van der Waals surface area contributed by atoms with Crippen LogP contribution in [-0.2, 0) is 6.42 Å². The normalized spacial score (nSPS) is 11.9. The van der Waals surface area contributed by atoms with Crippen molar-refractivity contribution in [1.82, 2.24) is 5.16 Å². The summed E-state index contributed by atoms with van der Waals surface area (Å²) in [6.45, 7) is 6.71. The summed E-state index contributed by atoms with van der Waals surface area (Å²) in [7, 11) is 0. The van der Waals surface area contributed by atoms with Crippen molar-refractivity contribution >= 4 is 0 Å². The number of aromatic nitrogens is 1. The van der Waals surface area contributed by atoms with Gasteiger partial charge in [-0.15, -0.1) is 0 Å². The average Bonchev–Trinajstić information content (AvgIpc) is 2.32. The van der Waals surface area contributed by atoms with Crippen LogP contribution in [-0.4, -0.2) is 5.16 Å². The first-order chi connectivity index (χ1) is 5.08. The molecule has 0 amide bonds. The van der Waals surface area contributed by atoms with E-state index in [0.717, 1.165) is 6.42 Å². The standard InChI is InChI=1S/C9H15NO/c1-9(2,3)5-4-8-6-10-11-7-8/h6-7H,4-5H2,1-3H3. The van der Waals surface area contributed by atoms with Crippen molar-refractivity contribution in [1.29, 1.82) is 0 Å². The summed E-state index contributed by atoms with van der Waals surface area (Å²) >= 11 is 0. The van der Waals surface area contributed by atoms with Gasteiger partial charge in [-0.05, 0) is 18.3 Å². The summed E-state index contributed by atoms with van der Waals surface area (Å²) in [5.74, 6) is 0. The lowest BCUT2D eigenvalue weighted by Gasteiger charge is -2.16. The topological polar surface area (TPSA) is 26.0 Å². The number of hydrogen-bond acceptors (Lipinski definition) is 2. The lowest BCUT2D eigenvalue weighted by Crippen LogP contribution is -2.05. The van der Waals surface area contributed by atoms with E-state index in [9.17, 15) is 0 Å². The lowest BCUT2D eigenvalue weighted by atomic mass is 9.89. The molecule has 2 heteroatoms. The smallest absolute Gasteiger partial charge is 0.126 e. The summed E-state index contributed by atoms with van der Waals surface area (Å²) in [5, 5.41) is 3.65. The second kappa shape index (κ2) is 3.07.